The Kier molecular flexibility index (Phi) is 4.84. The number of aromatic nitrogens is 5. The van der Waals surface area contributed by atoms with Gasteiger partial charge in [0.25, 0.3) is 0 Å². The SMILES string of the molecule is Cc1ccn2nc(N)c(-c3cc(N[C@H](c4ccc(F)cc4)C(C)C)ncn3)c2n1.[HH].[HH]. The molecule has 0 bridgehead atoms. The fraction of sp³-hybridized carbons (Fsp3) is 0.238. The third-order valence-electron chi connectivity index (χ3n) is 4.77. The summed E-state index contributed by atoms with van der Waals surface area (Å²) in [5.41, 5.74) is 9.94. The highest BCUT2D eigenvalue weighted by molar-refractivity contribution is 5.85. The monoisotopic (exact) mass is 395 g/mol. The molecule has 8 heteroatoms. The normalized spacial score (nSPS) is 12.4. The number of aryl methyl sites for hydroxylation is 1. The largest absolute Gasteiger partial charge is 0.382 e. The minimum Gasteiger partial charge on any atom is -0.382 e. The first kappa shape index (κ1) is 18.8. The zero-order valence-corrected chi connectivity index (χ0v) is 16.5. The number of hydrogen-bond acceptors (Lipinski definition) is 6. The van der Waals surface area contributed by atoms with Crippen LogP contribution in [0.25, 0.3) is 16.9 Å². The lowest BCUT2D eigenvalue weighted by atomic mass is 9.96. The minimum atomic E-state index is -0.257. The van der Waals surface area contributed by atoms with Crippen LogP contribution in [0.2, 0.25) is 0 Å². The van der Waals surface area contributed by atoms with Crippen molar-refractivity contribution in [1.82, 2.24) is 24.6 Å². The summed E-state index contributed by atoms with van der Waals surface area (Å²) >= 11 is 0. The molecule has 1 atom stereocenters. The number of benzene rings is 1. The van der Waals surface area contributed by atoms with Crippen LogP contribution in [0.15, 0.2) is 48.9 Å². The first-order chi connectivity index (χ1) is 13.9. The number of halogens is 1. The highest BCUT2D eigenvalue weighted by atomic mass is 19.1. The summed E-state index contributed by atoms with van der Waals surface area (Å²) in [6.07, 6.45) is 3.31. The average molecular weight is 395 g/mol. The predicted molar refractivity (Wildman–Crippen MR) is 115 cm³/mol. The van der Waals surface area contributed by atoms with Gasteiger partial charge in [-0.15, -0.1) is 5.10 Å². The quantitative estimate of drug-likeness (QED) is 0.516. The van der Waals surface area contributed by atoms with Gasteiger partial charge in [0.1, 0.15) is 18.0 Å². The Morgan fingerprint density at radius 3 is 2.62 bits per heavy atom. The van der Waals surface area contributed by atoms with Crippen LogP contribution >= 0.6 is 0 Å². The summed E-state index contributed by atoms with van der Waals surface area (Å²) in [6, 6.07) is 10.1. The molecule has 152 valence electrons. The Hall–Kier alpha value is -3.55. The predicted octanol–water partition coefficient (Wildman–Crippen LogP) is 4.52. The van der Waals surface area contributed by atoms with Crippen molar-refractivity contribution in [1.29, 1.82) is 0 Å². The number of rotatable bonds is 5. The van der Waals surface area contributed by atoms with Gasteiger partial charge < -0.3 is 11.1 Å². The average Bonchev–Trinajstić information content (AvgIpc) is 3.02. The van der Waals surface area contributed by atoms with Crippen molar-refractivity contribution in [3.05, 3.63) is 66.0 Å². The van der Waals surface area contributed by atoms with Crippen LogP contribution in [-0.4, -0.2) is 24.6 Å². The molecule has 0 amide bonds. The van der Waals surface area contributed by atoms with Crippen LogP contribution in [-0.2, 0) is 0 Å². The molecule has 0 fully saturated rings. The molecule has 3 heterocycles. The van der Waals surface area contributed by atoms with Crippen molar-refractivity contribution >= 4 is 17.3 Å². The van der Waals surface area contributed by atoms with Crippen LogP contribution < -0.4 is 11.1 Å². The van der Waals surface area contributed by atoms with Gasteiger partial charge in [-0.05, 0) is 36.6 Å². The van der Waals surface area contributed by atoms with Gasteiger partial charge in [0, 0.05) is 20.8 Å². The maximum absolute atomic E-state index is 13.3. The fourth-order valence-corrected chi connectivity index (χ4v) is 3.32. The van der Waals surface area contributed by atoms with Crippen molar-refractivity contribution in [2.75, 3.05) is 11.1 Å². The maximum atomic E-state index is 13.3. The third-order valence-corrected chi connectivity index (χ3v) is 4.77. The lowest BCUT2D eigenvalue weighted by Gasteiger charge is -2.23. The second kappa shape index (κ2) is 7.46. The molecule has 29 heavy (non-hydrogen) atoms. The summed E-state index contributed by atoms with van der Waals surface area (Å²) < 4.78 is 15.0. The molecule has 0 saturated heterocycles. The molecule has 0 aliphatic heterocycles. The van der Waals surface area contributed by atoms with Gasteiger partial charge in [-0.25, -0.2) is 23.9 Å². The van der Waals surface area contributed by atoms with Crippen molar-refractivity contribution in [2.24, 2.45) is 5.92 Å². The van der Waals surface area contributed by atoms with E-state index >= 15 is 0 Å². The Morgan fingerprint density at radius 1 is 1.14 bits per heavy atom. The van der Waals surface area contributed by atoms with Crippen LogP contribution in [0.4, 0.5) is 16.0 Å². The summed E-state index contributed by atoms with van der Waals surface area (Å²) in [6.45, 7) is 6.11. The van der Waals surface area contributed by atoms with Gasteiger partial charge in [-0.2, -0.15) is 0 Å². The number of anilines is 2. The Morgan fingerprint density at radius 2 is 1.90 bits per heavy atom. The van der Waals surface area contributed by atoms with E-state index in [9.17, 15) is 4.39 Å². The van der Waals surface area contributed by atoms with Crippen molar-refractivity contribution < 1.29 is 7.24 Å². The fourth-order valence-electron chi connectivity index (χ4n) is 3.32. The van der Waals surface area contributed by atoms with Gasteiger partial charge in [-0.1, -0.05) is 26.0 Å². The molecule has 7 nitrogen and oxygen atoms in total. The van der Waals surface area contributed by atoms with Gasteiger partial charge in [0.05, 0.1) is 17.3 Å². The number of nitrogens with one attached hydrogen (secondary N) is 1. The summed E-state index contributed by atoms with van der Waals surface area (Å²) in [7, 11) is 0. The lowest BCUT2D eigenvalue weighted by Crippen LogP contribution is -2.17. The van der Waals surface area contributed by atoms with Crippen LogP contribution in [0, 0.1) is 18.7 Å². The molecule has 0 saturated carbocycles. The number of fused-ring (bicyclic) bond motifs is 1. The molecular formula is C21H26FN7. The van der Waals surface area contributed by atoms with E-state index in [1.807, 2.05) is 25.3 Å². The van der Waals surface area contributed by atoms with E-state index in [0.717, 1.165) is 11.3 Å². The van der Waals surface area contributed by atoms with Crippen LogP contribution in [0.3, 0.4) is 0 Å². The summed E-state index contributed by atoms with van der Waals surface area (Å²) in [5.74, 6) is 0.994. The molecule has 3 aromatic heterocycles. The van der Waals surface area contributed by atoms with Gasteiger partial charge in [-0.3, -0.25) is 0 Å². The van der Waals surface area contributed by atoms with E-state index < -0.39 is 0 Å². The Labute approximate surface area is 170 Å². The molecule has 3 N–H and O–H groups in total. The molecule has 0 spiro atoms. The molecule has 0 aliphatic rings. The lowest BCUT2D eigenvalue weighted by molar-refractivity contribution is 0.542. The van der Waals surface area contributed by atoms with E-state index in [1.54, 1.807) is 16.6 Å². The number of hydrogen-bond donors (Lipinski definition) is 2. The molecule has 1 aromatic carbocycles. The first-order valence-corrected chi connectivity index (χ1v) is 9.38. The number of nitrogens with two attached hydrogens (primary N) is 1. The second-order valence-electron chi connectivity index (χ2n) is 7.30. The topological polar surface area (TPSA) is 94.0 Å². The van der Waals surface area contributed by atoms with E-state index in [0.29, 0.717) is 28.5 Å². The molecule has 4 aromatic rings. The molecule has 0 radical (unpaired) electrons. The van der Waals surface area contributed by atoms with Gasteiger partial charge >= 0.3 is 0 Å². The van der Waals surface area contributed by atoms with E-state index in [2.05, 4.69) is 39.2 Å². The highest BCUT2D eigenvalue weighted by Gasteiger charge is 2.19. The Balaban J connectivity index is 0.00000171. The number of nitrogens with zero attached hydrogens (tertiary/aromatic N) is 5. The third kappa shape index (κ3) is 3.73. The Bertz CT molecular complexity index is 1160. The second-order valence-corrected chi connectivity index (χ2v) is 7.30. The highest BCUT2D eigenvalue weighted by Crippen LogP contribution is 2.31. The van der Waals surface area contributed by atoms with Crippen molar-refractivity contribution in [2.45, 2.75) is 26.8 Å². The minimum absolute atomic E-state index is 0. The molecule has 4 rings (SSSR count). The van der Waals surface area contributed by atoms with Crippen LogP contribution in [0.1, 0.15) is 34.0 Å². The van der Waals surface area contributed by atoms with E-state index in [-0.39, 0.29) is 20.6 Å². The first-order valence-electron chi connectivity index (χ1n) is 9.38. The smallest absolute Gasteiger partial charge is 0.166 e. The zero-order valence-electron chi connectivity index (χ0n) is 16.5. The molecule has 0 unspecified atom stereocenters. The van der Waals surface area contributed by atoms with Crippen molar-refractivity contribution in [3.63, 3.8) is 0 Å². The zero-order chi connectivity index (χ0) is 20.5. The van der Waals surface area contributed by atoms with Crippen molar-refractivity contribution in [3.8, 4) is 11.3 Å². The van der Waals surface area contributed by atoms with Crippen LogP contribution in [0.5, 0.6) is 0 Å². The summed E-state index contributed by atoms with van der Waals surface area (Å²) in [4.78, 5) is 13.3. The maximum Gasteiger partial charge on any atom is 0.166 e. The van der Waals surface area contributed by atoms with Gasteiger partial charge in [0.2, 0.25) is 0 Å². The number of nitrogen functional groups attached to an aromatic ring is 1. The van der Waals surface area contributed by atoms with E-state index in [4.69, 9.17) is 5.73 Å². The molecular weight excluding hydrogens is 369 g/mol. The van der Waals surface area contributed by atoms with E-state index in [1.165, 1.54) is 18.5 Å². The summed E-state index contributed by atoms with van der Waals surface area (Å²) in [5, 5.41) is 7.75. The van der Waals surface area contributed by atoms with Gasteiger partial charge in [0.15, 0.2) is 11.5 Å². The molecule has 0 aliphatic carbocycles. The standard InChI is InChI=1S/C21H22FN7.2H2/c1-12(2)19(14-4-6-15(22)7-5-14)27-17-10-16(24-11-25-17)18-20(23)28-29-9-8-13(3)26-21(18)29;;/h4-12,19H,1-3H3,(H2,23,28)(H,24,25,27);2*1H/t19-;;/m0../s1.